The van der Waals surface area contributed by atoms with Crippen molar-refractivity contribution >= 4 is 11.9 Å². The number of carboxylic acid groups (broad SMARTS) is 1. The van der Waals surface area contributed by atoms with Crippen LogP contribution in [0.1, 0.15) is 34.1 Å². The minimum atomic E-state index is -4.64. The Labute approximate surface area is 205 Å². The Morgan fingerprint density at radius 2 is 1.76 bits per heavy atom. The minimum Gasteiger partial charge on any atom is -0.477 e. The van der Waals surface area contributed by atoms with Gasteiger partial charge >= 0.3 is 12.1 Å². The van der Waals surface area contributed by atoms with Gasteiger partial charge in [0.25, 0.3) is 0 Å². The van der Waals surface area contributed by atoms with E-state index in [0.717, 1.165) is 4.57 Å². The number of pyridine rings is 1. The van der Waals surface area contributed by atoms with E-state index >= 15 is 0 Å². The lowest BCUT2D eigenvalue weighted by atomic mass is 10.0. The molecule has 2 aromatic heterocycles. The molecule has 3 aromatic rings. The molecule has 1 aromatic carbocycles. The van der Waals surface area contributed by atoms with Crippen LogP contribution in [0, 0.1) is 17.5 Å². The van der Waals surface area contributed by atoms with E-state index < -0.39 is 47.4 Å². The van der Waals surface area contributed by atoms with Crippen molar-refractivity contribution in [3.63, 3.8) is 0 Å². The zero-order valence-corrected chi connectivity index (χ0v) is 18.9. The van der Waals surface area contributed by atoms with Gasteiger partial charge in [-0.3, -0.25) is 4.79 Å². The van der Waals surface area contributed by atoms with Crippen molar-refractivity contribution in [2.45, 2.75) is 38.1 Å². The molecule has 0 spiro atoms. The zero-order chi connectivity index (χ0) is 27.3. The first kappa shape index (κ1) is 27.6. The molecule has 37 heavy (non-hydrogen) atoms. The van der Waals surface area contributed by atoms with Crippen LogP contribution in [0.25, 0.3) is 0 Å². The molecule has 9 nitrogen and oxygen atoms in total. The number of carbonyl (C=O) groups excluding carboxylic acids is 1. The second-order valence-electron chi connectivity index (χ2n) is 7.95. The van der Waals surface area contributed by atoms with E-state index in [9.17, 15) is 35.9 Å². The van der Waals surface area contributed by atoms with E-state index in [1.54, 1.807) is 12.1 Å². The van der Waals surface area contributed by atoms with Gasteiger partial charge < -0.3 is 20.3 Å². The number of aromatic nitrogens is 4. The third-order valence-electron chi connectivity index (χ3n) is 5.25. The lowest BCUT2D eigenvalue weighted by Crippen LogP contribution is -2.42. The highest BCUT2D eigenvalue weighted by molar-refractivity contribution is 5.85. The molecule has 15 heteroatoms. The number of fused-ring (bicyclic) bond motifs is 1. The van der Waals surface area contributed by atoms with Crippen LogP contribution in [-0.2, 0) is 30.5 Å². The van der Waals surface area contributed by atoms with Crippen LogP contribution in [0.5, 0.6) is 0 Å². The Morgan fingerprint density at radius 1 is 1.05 bits per heavy atom. The number of nitrogens with two attached hydrogens (primary N) is 1. The van der Waals surface area contributed by atoms with Gasteiger partial charge in [0.05, 0.1) is 6.54 Å². The first-order valence-electron chi connectivity index (χ1n) is 10.7. The number of alkyl halides is 3. The molecule has 0 fully saturated rings. The van der Waals surface area contributed by atoms with Gasteiger partial charge in [0, 0.05) is 37.8 Å². The molecular formula is C22H20F6N6O3. The number of amides is 1. The van der Waals surface area contributed by atoms with Crippen molar-refractivity contribution in [1.29, 1.82) is 0 Å². The summed E-state index contributed by atoms with van der Waals surface area (Å²) in [6, 6.07) is 4.94. The molecule has 0 aliphatic carbocycles. The first-order chi connectivity index (χ1) is 17.4. The summed E-state index contributed by atoms with van der Waals surface area (Å²) in [5, 5.41) is 14.9. The van der Waals surface area contributed by atoms with Gasteiger partial charge in [-0.25, -0.2) is 22.9 Å². The summed E-state index contributed by atoms with van der Waals surface area (Å²) in [7, 11) is 0. The van der Waals surface area contributed by atoms with Crippen LogP contribution in [0.2, 0.25) is 0 Å². The fourth-order valence-electron chi connectivity index (χ4n) is 3.50. The summed E-state index contributed by atoms with van der Waals surface area (Å²) in [5.41, 5.74) is 5.72. The quantitative estimate of drug-likeness (QED) is 0.384. The molecule has 1 aliphatic heterocycles. The number of hydrogen-bond acceptors (Lipinski definition) is 6. The van der Waals surface area contributed by atoms with E-state index in [4.69, 9.17) is 10.8 Å². The van der Waals surface area contributed by atoms with Crippen LogP contribution in [0.4, 0.5) is 26.3 Å². The van der Waals surface area contributed by atoms with Crippen molar-refractivity contribution in [3.05, 3.63) is 76.9 Å². The third-order valence-corrected chi connectivity index (χ3v) is 5.25. The maximum atomic E-state index is 13.7. The molecule has 0 saturated carbocycles. The summed E-state index contributed by atoms with van der Waals surface area (Å²) < 4.78 is 79.3. The summed E-state index contributed by atoms with van der Waals surface area (Å²) in [6.07, 6.45) is -3.66. The van der Waals surface area contributed by atoms with Crippen molar-refractivity contribution in [2.75, 3.05) is 6.54 Å². The highest BCUT2D eigenvalue weighted by Crippen LogP contribution is 2.29. The number of carbonyl (C=O) groups is 2. The highest BCUT2D eigenvalue weighted by atomic mass is 19.4. The molecule has 3 heterocycles. The lowest BCUT2D eigenvalue weighted by molar-refractivity contribution is -0.148. The van der Waals surface area contributed by atoms with Crippen molar-refractivity contribution < 1.29 is 41.0 Å². The van der Waals surface area contributed by atoms with Gasteiger partial charge in [0.2, 0.25) is 11.7 Å². The molecular weight excluding hydrogens is 510 g/mol. The SMILES string of the molecule is N[C@@H](CC(=O)N1CCn2c(nnc2C(F)(F)F)C1)Cc1cc(F)c(F)cc1F.O=C(O)c1ccccn1. The van der Waals surface area contributed by atoms with E-state index in [-0.39, 0.29) is 49.6 Å². The Kier molecular flexibility index (Phi) is 8.47. The normalized spacial score (nSPS) is 13.9. The molecule has 1 atom stereocenters. The molecule has 3 N–H and O–H groups in total. The van der Waals surface area contributed by atoms with Crippen molar-refractivity contribution in [2.24, 2.45) is 5.73 Å². The molecule has 1 amide bonds. The highest BCUT2D eigenvalue weighted by Gasteiger charge is 2.40. The standard InChI is InChI=1S/C16H15F6N5O.C6H5NO2/c17-10-6-12(19)11(18)4-8(10)3-9(23)5-14(28)26-1-2-27-13(7-26)24-25-15(27)16(20,21)22;8-6(9)5-3-1-2-4-7-5/h4,6,9H,1-3,5,7,23H2;1-4H,(H,8,9)/t9-;/m1./s1. The lowest BCUT2D eigenvalue weighted by Gasteiger charge is -2.29. The number of rotatable bonds is 5. The van der Waals surface area contributed by atoms with E-state index in [1.807, 2.05) is 0 Å². The maximum absolute atomic E-state index is 13.7. The molecule has 0 unspecified atom stereocenters. The molecule has 0 bridgehead atoms. The van der Waals surface area contributed by atoms with Gasteiger partial charge in [-0.1, -0.05) is 6.07 Å². The Hall–Kier alpha value is -4.01. The third kappa shape index (κ3) is 7.03. The topological polar surface area (TPSA) is 127 Å². The van der Waals surface area contributed by atoms with Crippen molar-refractivity contribution in [3.8, 4) is 0 Å². The Bertz CT molecular complexity index is 1270. The van der Waals surface area contributed by atoms with Gasteiger partial charge in [-0.2, -0.15) is 13.2 Å². The second kappa shape index (κ2) is 11.4. The second-order valence-corrected chi connectivity index (χ2v) is 7.95. The van der Waals surface area contributed by atoms with Crippen LogP contribution in [0.3, 0.4) is 0 Å². The average Bonchev–Trinajstić information content (AvgIpc) is 3.27. The maximum Gasteiger partial charge on any atom is 0.451 e. The van der Waals surface area contributed by atoms with Crippen LogP contribution >= 0.6 is 0 Å². The summed E-state index contributed by atoms with van der Waals surface area (Å²) in [6.45, 7) is -0.302. The first-order valence-corrected chi connectivity index (χ1v) is 10.7. The minimum absolute atomic E-state index is 0.000783. The van der Waals surface area contributed by atoms with Gasteiger partial charge in [-0.15, -0.1) is 10.2 Å². The number of carboxylic acids is 1. The summed E-state index contributed by atoms with van der Waals surface area (Å²) in [5.74, 6) is -6.14. The van der Waals surface area contributed by atoms with Crippen LogP contribution < -0.4 is 5.73 Å². The number of benzene rings is 1. The Morgan fingerprint density at radius 3 is 2.35 bits per heavy atom. The van der Waals surface area contributed by atoms with Gasteiger partial charge in [0.1, 0.15) is 11.5 Å². The zero-order valence-electron chi connectivity index (χ0n) is 18.9. The number of hydrogen-bond donors (Lipinski definition) is 2. The summed E-state index contributed by atoms with van der Waals surface area (Å²) >= 11 is 0. The van der Waals surface area contributed by atoms with E-state index in [2.05, 4.69) is 15.2 Å². The number of aromatic carboxylic acids is 1. The largest absolute Gasteiger partial charge is 0.477 e. The van der Waals surface area contributed by atoms with Crippen LogP contribution in [-0.4, -0.2) is 54.2 Å². The smallest absolute Gasteiger partial charge is 0.451 e. The molecule has 1 aliphatic rings. The van der Waals surface area contributed by atoms with Crippen LogP contribution in [0.15, 0.2) is 36.5 Å². The number of halogens is 6. The van der Waals surface area contributed by atoms with E-state index in [1.165, 1.54) is 17.2 Å². The van der Waals surface area contributed by atoms with Crippen molar-refractivity contribution in [1.82, 2.24) is 24.6 Å². The van der Waals surface area contributed by atoms with Gasteiger partial charge in [-0.05, 0) is 30.2 Å². The molecule has 198 valence electrons. The monoisotopic (exact) mass is 530 g/mol. The van der Waals surface area contributed by atoms with E-state index in [0.29, 0.717) is 12.1 Å². The predicted octanol–water partition coefficient (Wildman–Crippen LogP) is 2.80. The number of nitrogens with zero attached hydrogens (tertiary/aromatic N) is 5. The van der Waals surface area contributed by atoms with Gasteiger partial charge in [0.15, 0.2) is 17.5 Å². The Balaban J connectivity index is 0.000000356. The fraction of sp³-hybridized carbons (Fsp3) is 0.318. The molecule has 0 saturated heterocycles. The summed E-state index contributed by atoms with van der Waals surface area (Å²) in [4.78, 5) is 27.3. The predicted molar refractivity (Wildman–Crippen MR) is 114 cm³/mol. The fourth-order valence-corrected chi connectivity index (χ4v) is 3.50. The average molecular weight is 530 g/mol. The molecule has 4 rings (SSSR count). The molecule has 0 radical (unpaired) electrons.